The van der Waals surface area contributed by atoms with Crippen LogP contribution in [0.5, 0.6) is 5.75 Å². The normalized spacial score (nSPS) is 18.8. The largest absolute Gasteiger partial charge is 0.525 e. The minimum atomic E-state index is 0. The fourth-order valence-corrected chi connectivity index (χ4v) is 4.33. The number of rotatable bonds is 9. The Balaban J connectivity index is 0.00000280. The Kier molecular flexibility index (Phi) is 10.3. The van der Waals surface area contributed by atoms with Gasteiger partial charge in [-0.25, -0.2) is 0 Å². The van der Waals surface area contributed by atoms with Gasteiger partial charge in [0.2, 0.25) is 0 Å². The molecule has 0 N–H and O–H groups in total. The summed E-state index contributed by atoms with van der Waals surface area (Å²) in [7, 11) is 0. The molecule has 1 heterocycles. The van der Waals surface area contributed by atoms with Crippen molar-refractivity contribution in [3.63, 3.8) is 0 Å². The van der Waals surface area contributed by atoms with Gasteiger partial charge >= 0.3 is 0 Å². The van der Waals surface area contributed by atoms with Crippen molar-refractivity contribution >= 4 is 17.3 Å². The Morgan fingerprint density at radius 2 is 1.89 bits per heavy atom. The maximum Gasteiger partial charge on any atom is 0.115 e. The van der Waals surface area contributed by atoms with Gasteiger partial charge < -0.3 is 16.6 Å². The van der Waals surface area contributed by atoms with Crippen molar-refractivity contribution in [2.45, 2.75) is 56.9 Å². The van der Waals surface area contributed by atoms with Crippen LogP contribution in [0.15, 0.2) is 48.5 Å². The fraction of sp³-hybridized carbons (Fsp3) is 0.458. The van der Waals surface area contributed by atoms with Crippen LogP contribution in [0.25, 0.3) is 0 Å². The molecule has 1 saturated heterocycles. The fourth-order valence-electron chi connectivity index (χ4n) is 3.95. The van der Waals surface area contributed by atoms with Crippen LogP contribution in [-0.2, 0) is 39.1 Å². The van der Waals surface area contributed by atoms with E-state index in [1.54, 1.807) is 0 Å². The third-order valence-corrected chi connectivity index (χ3v) is 5.84. The Bertz CT molecular complexity index is 706. The van der Waals surface area contributed by atoms with Crippen LogP contribution in [0, 0.1) is 6.92 Å². The zero-order valence-electron chi connectivity index (χ0n) is 16.9. The topological polar surface area (TPSA) is 12.5 Å². The molecule has 4 heteroatoms. The average molecular weight is 474 g/mol. The molecule has 1 aliphatic rings. The van der Waals surface area contributed by atoms with Crippen molar-refractivity contribution in [2.24, 2.45) is 0 Å². The van der Waals surface area contributed by atoms with Gasteiger partial charge in [-0.05, 0) is 61.3 Å². The molecule has 0 spiro atoms. The number of anilines is 1. The quantitative estimate of drug-likeness (QED) is 0.232. The summed E-state index contributed by atoms with van der Waals surface area (Å²) in [6.07, 6.45) is 7.39. The third kappa shape index (κ3) is 6.21. The van der Waals surface area contributed by atoms with Crippen molar-refractivity contribution in [1.29, 1.82) is 0 Å². The van der Waals surface area contributed by atoms with Crippen molar-refractivity contribution < 1.29 is 37.4 Å². The van der Waals surface area contributed by atoms with Gasteiger partial charge in [-0.1, -0.05) is 50.5 Å². The molecule has 2 aromatic rings. The number of hydrogen-bond acceptors (Lipinski definition) is 2. The van der Waals surface area contributed by atoms with Crippen LogP contribution in [-0.4, -0.2) is 18.5 Å². The van der Waals surface area contributed by atoms with E-state index in [2.05, 4.69) is 55.1 Å². The van der Waals surface area contributed by atoms with E-state index in [-0.39, 0.29) is 44.1 Å². The zero-order valence-corrected chi connectivity index (χ0v) is 20.5. The summed E-state index contributed by atoms with van der Waals surface area (Å²) < 4.78 is 5.58. The summed E-state index contributed by atoms with van der Waals surface area (Å²) in [5.74, 6) is 0.862. The molecule has 3 rings (SSSR count). The van der Waals surface area contributed by atoms with Crippen molar-refractivity contribution in [2.75, 3.05) is 18.1 Å². The SMILES string of the molecule is [CH2-]COc1cccc(C2C(Cl)CCN2c2ccc(CCCCCC)cc2)c1.[Y]. The summed E-state index contributed by atoms with van der Waals surface area (Å²) in [5, 5.41) is 0.105. The first-order chi connectivity index (χ1) is 13.2. The first-order valence-corrected chi connectivity index (χ1v) is 10.7. The Hall–Kier alpha value is -0.566. The summed E-state index contributed by atoms with van der Waals surface area (Å²) >= 11 is 6.72. The van der Waals surface area contributed by atoms with Crippen LogP contribution >= 0.6 is 11.6 Å². The van der Waals surface area contributed by atoms with E-state index in [1.807, 2.05) is 12.1 Å². The molecule has 1 radical (unpaired) electrons. The second-order valence-electron chi connectivity index (χ2n) is 7.34. The van der Waals surface area contributed by atoms with Crippen LogP contribution in [0.1, 0.15) is 56.2 Å². The van der Waals surface area contributed by atoms with Gasteiger partial charge in [-0.3, -0.25) is 0 Å². The van der Waals surface area contributed by atoms with E-state index in [0.717, 1.165) is 18.7 Å². The molecule has 0 aromatic heterocycles. The summed E-state index contributed by atoms with van der Waals surface area (Å²) in [5.41, 5.74) is 3.89. The van der Waals surface area contributed by atoms with E-state index >= 15 is 0 Å². The molecule has 2 aromatic carbocycles. The molecular formula is C24H31ClNOY-. The first-order valence-electron chi connectivity index (χ1n) is 10.2. The van der Waals surface area contributed by atoms with Crippen molar-refractivity contribution in [1.82, 2.24) is 0 Å². The number of ether oxygens (including phenoxy) is 1. The van der Waals surface area contributed by atoms with E-state index in [1.165, 1.54) is 48.9 Å². The summed E-state index contributed by atoms with van der Waals surface area (Å²) in [6.45, 7) is 7.44. The first kappa shape index (κ1) is 23.7. The Morgan fingerprint density at radius 1 is 1.11 bits per heavy atom. The third-order valence-electron chi connectivity index (χ3n) is 5.38. The standard InChI is InChI=1S/C24H31ClNO.Y/c1-3-5-6-7-9-19-12-14-21(15-13-19)26-17-16-23(25)24(26)20-10-8-11-22(18-20)27-4-2;/h8,10-15,18,23-24H,2-7,9,16-17H2,1H3;/q-1;. The van der Waals surface area contributed by atoms with Crippen LogP contribution in [0.4, 0.5) is 5.69 Å². The number of unbranched alkanes of at least 4 members (excludes halogenated alkanes) is 3. The maximum absolute atomic E-state index is 6.72. The second-order valence-corrected chi connectivity index (χ2v) is 7.90. The van der Waals surface area contributed by atoms with Crippen LogP contribution in [0.3, 0.4) is 0 Å². The van der Waals surface area contributed by atoms with Gasteiger partial charge in [0.25, 0.3) is 0 Å². The van der Waals surface area contributed by atoms with E-state index < -0.39 is 0 Å². The van der Waals surface area contributed by atoms with Gasteiger partial charge in [-0.2, -0.15) is 0 Å². The molecule has 2 nitrogen and oxygen atoms in total. The maximum atomic E-state index is 6.72. The molecule has 0 aliphatic carbocycles. The van der Waals surface area contributed by atoms with Gasteiger partial charge in [-0.15, -0.1) is 11.6 Å². The molecule has 0 saturated carbocycles. The van der Waals surface area contributed by atoms with Crippen molar-refractivity contribution in [3.8, 4) is 5.75 Å². The number of nitrogens with zero attached hydrogens (tertiary/aromatic N) is 1. The predicted molar refractivity (Wildman–Crippen MR) is 116 cm³/mol. The van der Waals surface area contributed by atoms with Crippen LogP contribution < -0.4 is 9.64 Å². The number of hydrogen-bond donors (Lipinski definition) is 0. The summed E-state index contributed by atoms with van der Waals surface area (Å²) in [6, 6.07) is 17.5. The average Bonchev–Trinajstić information content (AvgIpc) is 3.08. The smallest absolute Gasteiger partial charge is 0.115 e. The van der Waals surface area contributed by atoms with E-state index in [4.69, 9.17) is 16.3 Å². The van der Waals surface area contributed by atoms with E-state index in [0.29, 0.717) is 6.61 Å². The van der Waals surface area contributed by atoms with Gasteiger partial charge in [0.05, 0.1) is 11.4 Å². The van der Waals surface area contributed by atoms with Crippen LogP contribution in [0.2, 0.25) is 0 Å². The second kappa shape index (κ2) is 12.2. The molecule has 0 amide bonds. The van der Waals surface area contributed by atoms with Crippen molar-refractivity contribution in [3.05, 3.63) is 66.6 Å². The Morgan fingerprint density at radius 3 is 2.61 bits per heavy atom. The molecule has 28 heavy (non-hydrogen) atoms. The van der Waals surface area contributed by atoms with Gasteiger partial charge in [0.1, 0.15) is 5.75 Å². The molecule has 149 valence electrons. The molecule has 2 unspecified atom stereocenters. The number of benzene rings is 2. The van der Waals surface area contributed by atoms with Gasteiger partial charge in [0.15, 0.2) is 0 Å². The molecule has 2 atom stereocenters. The monoisotopic (exact) mass is 473 g/mol. The molecule has 0 bridgehead atoms. The minimum Gasteiger partial charge on any atom is -0.525 e. The molecule has 1 fully saturated rings. The number of halogens is 1. The molecule has 1 aliphatic heterocycles. The van der Waals surface area contributed by atoms with Gasteiger partial charge in [0, 0.05) is 44.9 Å². The zero-order chi connectivity index (χ0) is 19.1. The van der Waals surface area contributed by atoms with E-state index in [9.17, 15) is 0 Å². The predicted octanol–water partition coefficient (Wildman–Crippen LogP) is 6.58. The number of aryl methyl sites for hydroxylation is 1. The number of alkyl halides is 1. The Labute approximate surface area is 200 Å². The minimum absolute atomic E-state index is 0. The summed E-state index contributed by atoms with van der Waals surface area (Å²) in [4.78, 5) is 2.43. The molecular weight excluding hydrogens is 443 g/mol.